The molecule has 0 atom stereocenters. The number of hydrogen-bond donors (Lipinski definition) is 0. The Hall–Kier alpha value is -3.65. The van der Waals surface area contributed by atoms with Crippen LogP contribution in [0.15, 0.2) is 59.7 Å². The minimum absolute atomic E-state index is 0.0258. The maximum atomic E-state index is 12.2. The molecule has 1 aliphatic rings. The van der Waals surface area contributed by atoms with Gasteiger partial charge in [0.2, 0.25) is 5.90 Å². The lowest BCUT2D eigenvalue weighted by Gasteiger charge is -2.11. The van der Waals surface area contributed by atoms with Gasteiger partial charge in [-0.05, 0) is 36.8 Å². The van der Waals surface area contributed by atoms with Gasteiger partial charge in [0.25, 0.3) is 5.69 Å². The fraction of sp³-hybridized carbons (Fsp3) is 0.143. The maximum absolute atomic E-state index is 12.2. The normalized spacial score (nSPS) is 14.3. The van der Waals surface area contributed by atoms with E-state index in [2.05, 4.69) is 11.6 Å². The number of halogens is 1. The Morgan fingerprint density at radius 1 is 1.23 bits per heavy atom. The standard InChI is InChI=1S/C21H17ClN2O6/c1-3-9-29-18-8-5-13(11-19(18)28-4-2)10-17-21(25)30-20(23-17)15-7-6-14(24(26)27)12-16(15)22/h3,5-8,10-12H,1,4,9H2,2H3/b17-10+. The van der Waals surface area contributed by atoms with Gasteiger partial charge in [-0.1, -0.05) is 30.3 Å². The Morgan fingerprint density at radius 3 is 2.70 bits per heavy atom. The largest absolute Gasteiger partial charge is 0.490 e. The van der Waals surface area contributed by atoms with Crippen LogP contribution >= 0.6 is 11.6 Å². The van der Waals surface area contributed by atoms with Crippen LogP contribution in [0.5, 0.6) is 11.5 Å². The van der Waals surface area contributed by atoms with E-state index in [0.29, 0.717) is 30.3 Å². The van der Waals surface area contributed by atoms with Crippen LogP contribution in [-0.2, 0) is 9.53 Å². The van der Waals surface area contributed by atoms with E-state index >= 15 is 0 Å². The van der Waals surface area contributed by atoms with E-state index < -0.39 is 10.9 Å². The zero-order valence-corrected chi connectivity index (χ0v) is 16.7. The quantitative estimate of drug-likeness (QED) is 0.201. The number of benzene rings is 2. The van der Waals surface area contributed by atoms with Crippen molar-refractivity contribution in [1.29, 1.82) is 0 Å². The van der Waals surface area contributed by atoms with Crippen LogP contribution in [0.1, 0.15) is 18.1 Å². The molecule has 0 radical (unpaired) electrons. The first-order chi connectivity index (χ1) is 14.4. The summed E-state index contributed by atoms with van der Waals surface area (Å²) in [5.41, 5.74) is 0.812. The third-order valence-corrected chi connectivity index (χ3v) is 4.25. The predicted molar refractivity (Wildman–Crippen MR) is 112 cm³/mol. The second kappa shape index (κ2) is 9.23. The van der Waals surface area contributed by atoms with Crippen LogP contribution in [0.3, 0.4) is 0 Å². The molecule has 9 heteroatoms. The third kappa shape index (κ3) is 4.66. The second-order valence-corrected chi connectivity index (χ2v) is 6.40. The molecule has 2 aromatic carbocycles. The zero-order chi connectivity index (χ0) is 21.7. The van der Waals surface area contributed by atoms with E-state index in [-0.39, 0.29) is 27.9 Å². The lowest BCUT2D eigenvalue weighted by Crippen LogP contribution is -2.06. The maximum Gasteiger partial charge on any atom is 0.363 e. The van der Waals surface area contributed by atoms with E-state index in [1.165, 1.54) is 24.3 Å². The topological polar surface area (TPSA) is 100 Å². The number of ether oxygens (including phenoxy) is 3. The number of esters is 1. The van der Waals surface area contributed by atoms with Gasteiger partial charge < -0.3 is 14.2 Å². The Kier molecular flexibility index (Phi) is 6.48. The molecule has 0 spiro atoms. The number of cyclic esters (lactones) is 1. The third-order valence-electron chi connectivity index (χ3n) is 3.94. The fourth-order valence-electron chi connectivity index (χ4n) is 2.62. The molecule has 0 saturated carbocycles. The molecule has 0 aliphatic carbocycles. The summed E-state index contributed by atoms with van der Waals surface area (Å²) in [4.78, 5) is 26.7. The summed E-state index contributed by atoms with van der Waals surface area (Å²) in [6, 6.07) is 9.00. The van der Waals surface area contributed by atoms with Gasteiger partial charge in [0.1, 0.15) is 6.61 Å². The lowest BCUT2D eigenvalue weighted by atomic mass is 10.1. The molecule has 154 valence electrons. The van der Waals surface area contributed by atoms with Crippen molar-refractivity contribution in [1.82, 2.24) is 0 Å². The second-order valence-electron chi connectivity index (χ2n) is 6.00. The van der Waals surface area contributed by atoms with Crippen LogP contribution in [0.25, 0.3) is 6.08 Å². The number of nitrogens with zero attached hydrogens (tertiary/aromatic N) is 2. The predicted octanol–water partition coefficient (Wildman–Crippen LogP) is 4.56. The monoisotopic (exact) mass is 428 g/mol. The first-order valence-corrected chi connectivity index (χ1v) is 9.28. The fourth-order valence-corrected chi connectivity index (χ4v) is 2.88. The van der Waals surface area contributed by atoms with Gasteiger partial charge in [0.05, 0.1) is 22.1 Å². The Bertz CT molecular complexity index is 1080. The SMILES string of the molecule is C=CCOc1ccc(/C=C2/N=C(c3ccc([N+](=O)[O-])cc3Cl)OC2=O)cc1OCC. The van der Waals surface area contributed by atoms with Crippen LogP contribution in [0, 0.1) is 10.1 Å². The lowest BCUT2D eigenvalue weighted by molar-refractivity contribution is -0.384. The highest BCUT2D eigenvalue weighted by atomic mass is 35.5. The molecule has 0 aromatic heterocycles. The van der Waals surface area contributed by atoms with E-state index in [0.717, 1.165) is 0 Å². The molecule has 2 aromatic rings. The van der Waals surface area contributed by atoms with E-state index in [1.54, 1.807) is 24.3 Å². The minimum atomic E-state index is -0.663. The van der Waals surface area contributed by atoms with Crippen LogP contribution in [-0.4, -0.2) is 30.0 Å². The smallest absolute Gasteiger partial charge is 0.363 e. The molecule has 0 saturated heterocycles. The van der Waals surface area contributed by atoms with Gasteiger partial charge in [-0.3, -0.25) is 10.1 Å². The summed E-state index contributed by atoms with van der Waals surface area (Å²) in [6.07, 6.45) is 3.16. The molecular formula is C21H17ClN2O6. The van der Waals surface area contributed by atoms with Gasteiger partial charge in [0.15, 0.2) is 17.2 Å². The average molecular weight is 429 g/mol. The average Bonchev–Trinajstić information content (AvgIpc) is 3.07. The Morgan fingerprint density at radius 2 is 2.03 bits per heavy atom. The number of carbonyl (C=O) groups is 1. The molecule has 0 N–H and O–H groups in total. The molecule has 0 unspecified atom stereocenters. The Balaban J connectivity index is 1.91. The molecule has 30 heavy (non-hydrogen) atoms. The summed E-state index contributed by atoms with van der Waals surface area (Å²) in [5, 5.41) is 10.9. The number of carbonyl (C=O) groups excluding carboxylic acids is 1. The van der Waals surface area contributed by atoms with Crippen molar-refractivity contribution in [2.75, 3.05) is 13.2 Å². The van der Waals surface area contributed by atoms with E-state index in [4.69, 9.17) is 25.8 Å². The van der Waals surface area contributed by atoms with Crippen molar-refractivity contribution in [3.63, 3.8) is 0 Å². The van der Waals surface area contributed by atoms with Gasteiger partial charge in [-0.15, -0.1) is 0 Å². The first kappa shape index (κ1) is 21.1. The number of nitro groups is 1. The van der Waals surface area contributed by atoms with Crippen LogP contribution in [0.4, 0.5) is 5.69 Å². The summed E-state index contributed by atoms with van der Waals surface area (Å²) >= 11 is 6.09. The summed E-state index contributed by atoms with van der Waals surface area (Å²) in [7, 11) is 0. The highest BCUT2D eigenvalue weighted by Gasteiger charge is 2.26. The number of aliphatic imine (C=N–C) groups is 1. The van der Waals surface area contributed by atoms with Crippen molar-refractivity contribution in [3.8, 4) is 11.5 Å². The van der Waals surface area contributed by atoms with Gasteiger partial charge in [-0.2, -0.15) is 0 Å². The van der Waals surface area contributed by atoms with Gasteiger partial charge in [0, 0.05) is 12.1 Å². The van der Waals surface area contributed by atoms with Crippen LogP contribution < -0.4 is 9.47 Å². The molecule has 0 bridgehead atoms. The van der Waals surface area contributed by atoms with Crippen molar-refractivity contribution < 1.29 is 23.9 Å². The van der Waals surface area contributed by atoms with Crippen molar-refractivity contribution in [3.05, 3.63) is 81.0 Å². The molecular weight excluding hydrogens is 412 g/mol. The first-order valence-electron chi connectivity index (χ1n) is 8.90. The molecule has 1 aliphatic heterocycles. The zero-order valence-electron chi connectivity index (χ0n) is 16.0. The highest BCUT2D eigenvalue weighted by Crippen LogP contribution is 2.31. The van der Waals surface area contributed by atoms with Gasteiger partial charge >= 0.3 is 5.97 Å². The highest BCUT2D eigenvalue weighted by molar-refractivity contribution is 6.34. The summed E-state index contributed by atoms with van der Waals surface area (Å²) < 4.78 is 16.3. The van der Waals surface area contributed by atoms with Crippen LogP contribution in [0.2, 0.25) is 5.02 Å². The van der Waals surface area contributed by atoms with E-state index in [1.807, 2.05) is 6.92 Å². The van der Waals surface area contributed by atoms with E-state index in [9.17, 15) is 14.9 Å². The Labute approximate surface area is 177 Å². The molecule has 8 nitrogen and oxygen atoms in total. The minimum Gasteiger partial charge on any atom is -0.490 e. The molecule has 3 rings (SSSR count). The number of non-ortho nitro benzene ring substituents is 1. The van der Waals surface area contributed by atoms with Crippen molar-refractivity contribution in [2.24, 2.45) is 4.99 Å². The number of nitro benzene ring substituents is 1. The summed E-state index contributed by atoms with van der Waals surface area (Å²) in [6.45, 7) is 6.23. The van der Waals surface area contributed by atoms with Crippen molar-refractivity contribution in [2.45, 2.75) is 6.92 Å². The molecule has 0 fully saturated rings. The summed E-state index contributed by atoms with van der Waals surface area (Å²) in [5.74, 6) is 0.379. The van der Waals surface area contributed by atoms with Crippen molar-refractivity contribution >= 4 is 35.2 Å². The van der Waals surface area contributed by atoms with Gasteiger partial charge in [-0.25, -0.2) is 9.79 Å². The molecule has 0 amide bonds. The molecule has 1 heterocycles. The number of rotatable bonds is 8. The number of hydrogen-bond acceptors (Lipinski definition) is 7.